The SMILES string of the molecule is OCCN1CCC2(CC1)NC=C1C(Cl)=CC(Nc3ccncn3)=CN12. The summed E-state index contributed by atoms with van der Waals surface area (Å²) < 4.78 is 0. The van der Waals surface area contributed by atoms with Crippen LogP contribution in [0.1, 0.15) is 12.8 Å². The molecule has 1 aromatic heterocycles. The first kappa shape index (κ1) is 16.4. The monoisotopic (exact) mass is 360 g/mol. The molecule has 1 aromatic rings. The van der Waals surface area contributed by atoms with Gasteiger partial charge in [-0.15, -0.1) is 0 Å². The standard InChI is InChI=1S/C17H21ClN6O/c18-14-9-13(22-16-1-4-19-12-20-16)11-24-15(14)10-21-17(24)2-5-23(6-3-17)7-8-25/h1,4,9-12,21,25H,2-3,5-8H2,(H,19,20,22). The van der Waals surface area contributed by atoms with Crippen molar-refractivity contribution in [1.82, 2.24) is 25.1 Å². The highest BCUT2D eigenvalue weighted by Gasteiger charge is 2.44. The molecule has 0 radical (unpaired) electrons. The van der Waals surface area contributed by atoms with Gasteiger partial charge in [-0.25, -0.2) is 9.97 Å². The molecule has 0 aliphatic carbocycles. The molecule has 1 spiro atoms. The van der Waals surface area contributed by atoms with Crippen molar-refractivity contribution in [2.45, 2.75) is 18.5 Å². The van der Waals surface area contributed by atoms with Gasteiger partial charge in [-0.1, -0.05) is 11.6 Å². The van der Waals surface area contributed by atoms with Crippen LogP contribution in [0.25, 0.3) is 0 Å². The minimum absolute atomic E-state index is 0.158. The van der Waals surface area contributed by atoms with E-state index in [1.165, 1.54) is 6.33 Å². The molecule has 3 aliphatic rings. The van der Waals surface area contributed by atoms with Gasteiger partial charge < -0.3 is 25.5 Å². The van der Waals surface area contributed by atoms with Crippen molar-refractivity contribution in [1.29, 1.82) is 0 Å². The zero-order chi connectivity index (χ0) is 17.3. The van der Waals surface area contributed by atoms with Gasteiger partial charge in [0.15, 0.2) is 0 Å². The van der Waals surface area contributed by atoms with E-state index >= 15 is 0 Å². The van der Waals surface area contributed by atoms with Gasteiger partial charge in [-0.05, 0) is 12.1 Å². The maximum Gasteiger partial charge on any atom is 0.133 e. The first-order chi connectivity index (χ1) is 12.2. The first-order valence-corrected chi connectivity index (χ1v) is 8.81. The van der Waals surface area contributed by atoms with Gasteiger partial charge in [0, 0.05) is 51.1 Å². The second kappa shape index (κ2) is 6.67. The number of rotatable bonds is 4. The Morgan fingerprint density at radius 3 is 2.92 bits per heavy atom. The third-order valence-corrected chi connectivity index (χ3v) is 5.25. The Hall–Kier alpha value is -2.09. The summed E-state index contributed by atoms with van der Waals surface area (Å²) in [6.45, 7) is 2.81. The number of aromatic nitrogens is 2. The van der Waals surface area contributed by atoms with Crippen molar-refractivity contribution in [3.8, 4) is 0 Å². The van der Waals surface area contributed by atoms with Gasteiger partial charge in [0.2, 0.25) is 0 Å². The van der Waals surface area contributed by atoms with E-state index in [0.717, 1.165) is 49.7 Å². The fourth-order valence-electron chi connectivity index (χ4n) is 3.59. The van der Waals surface area contributed by atoms with Crippen LogP contribution >= 0.6 is 11.6 Å². The van der Waals surface area contributed by atoms with Gasteiger partial charge in [-0.2, -0.15) is 0 Å². The summed E-state index contributed by atoms with van der Waals surface area (Å²) in [7, 11) is 0. The molecular weight excluding hydrogens is 340 g/mol. The van der Waals surface area contributed by atoms with Gasteiger partial charge in [-0.3, -0.25) is 0 Å². The number of nitrogens with one attached hydrogen (secondary N) is 2. The van der Waals surface area contributed by atoms with Crippen molar-refractivity contribution in [2.75, 3.05) is 31.6 Å². The van der Waals surface area contributed by atoms with Gasteiger partial charge in [0.05, 0.1) is 23.0 Å². The first-order valence-electron chi connectivity index (χ1n) is 8.43. The Kier molecular flexibility index (Phi) is 4.37. The molecule has 7 nitrogen and oxygen atoms in total. The predicted octanol–water partition coefficient (Wildman–Crippen LogP) is 1.40. The number of likely N-dealkylation sites (tertiary alicyclic amines) is 1. The topological polar surface area (TPSA) is 76.5 Å². The van der Waals surface area contributed by atoms with Crippen LogP contribution in [0.4, 0.5) is 5.82 Å². The summed E-state index contributed by atoms with van der Waals surface area (Å²) in [6.07, 6.45) is 11.1. The minimum Gasteiger partial charge on any atom is -0.395 e. The molecule has 132 valence electrons. The van der Waals surface area contributed by atoms with Crippen molar-refractivity contribution in [3.63, 3.8) is 0 Å². The molecule has 4 rings (SSSR count). The van der Waals surface area contributed by atoms with E-state index in [4.69, 9.17) is 16.7 Å². The molecule has 0 amide bonds. The molecule has 25 heavy (non-hydrogen) atoms. The average molecular weight is 361 g/mol. The summed E-state index contributed by atoms with van der Waals surface area (Å²) >= 11 is 6.51. The molecule has 0 unspecified atom stereocenters. The van der Waals surface area contributed by atoms with Crippen molar-refractivity contribution in [3.05, 3.63) is 53.5 Å². The third kappa shape index (κ3) is 3.10. The highest BCUT2D eigenvalue weighted by molar-refractivity contribution is 6.32. The molecule has 0 atom stereocenters. The fraction of sp³-hybridized carbons (Fsp3) is 0.412. The summed E-state index contributed by atoms with van der Waals surface area (Å²) in [6, 6.07) is 1.82. The van der Waals surface area contributed by atoms with Crippen molar-refractivity contribution >= 4 is 17.4 Å². The largest absolute Gasteiger partial charge is 0.395 e. The molecule has 0 aromatic carbocycles. The van der Waals surface area contributed by atoms with Crippen LogP contribution in [-0.2, 0) is 0 Å². The maximum atomic E-state index is 9.14. The lowest BCUT2D eigenvalue weighted by Gasteiger charge is -2.46. The summed E-state index contributed by atoms with van der Waals surface area (Å²) in [5.41, 5.74) is 1.72. The number of nitrogens with zero attached hydrogens (tertiary/aromatic N) is 4. The Morgan fingerprint density at radius 1 is 1.36 bits per heavy atom. The average Bonchev–Trinajstić information content (AvgIpc) is 2.97. The van der Waals surface area contributed by atoms with E-state index in [1.807, 2.05) is 18.3 Å². The number of hydrogen-bond acceptors (Lipinski definition) is 7. The summed E-state index contributed by atoms with van der Waals surface area (Å²) in [5.74, 6) is 0.730. The Labute approximate surface area is 151 Å². The number of aliphatic hydroxyl groups excluding tert-OH is 1. The van der Waals surface area contributed by atoms with Crippen LogP contribution in [0.3, 0.4) is 0 Å². The molecule has 3 aliphatic heterocycles. The second-order valence-corrected chi connectivity index (χ2v) is 6.84. The second-order valence-electron chi connectivity index (χ2n) is 6.44. The fourth-order valence-corrected chi connectivity index (χ4v) is 3.85. The quantitative estimate of drug-likeness (QED) is 0.749. The number of fused-ring (bicyclic) bond motifs is 2. The molecular formula is C17H21ClN6O. The zero-order valence-electron chi connectivity index (χ0n) is 13.8. The molecule has 0 saturated carbocycles. The number of β-amino-alcohol motifs (C(OH)–C–C–N with tert-alkyl or cyclic N) is 1. The molecule has 0 bridgehead atoms. The Bertz CT molecular complexity index is 724. The van der Waals surface area contributed by atoms with Gasteiger partial charge in [0.25, 0.3) is 0 Å². The van der Waals surface area contributed by atoms with E-state index in [9.17, 15) is 0 Å². The van der Waals surface area contributed by atoms with Crippen LogP contribution in [0.15, 0.2) is 53.5 Å². The highest BCUT2D eigenvalue weighted by atomic mass is 35.5. The third-order valence-electron chi connectivity index (χ3n) is 4.95. The van der Waals surface area contributed by atoms with Crippen LogP contribution < -0.4 is 10.6 Å². The van der Waals surface area contributed by atoms with E-state index in [-0.39, 0.29) is 12.3 Å². The van der Waals surface area contributed by atoms with Crippen LogP contribution in [0.5, 0.6) is 0 Å². The molecule has 1 saturated heterocycles. The Balaban J connectivity index is 1.54. The lowest BCUT2D eigenvalue weighted by molar-refractivity contribution is 0.0635. The number of halogens is 1. The molecule has 8 heteroatoms. The molecule has 1 fully saturated rings. The van der Waals surface area contributed by atoms with Crippen LogP contribution in [-0.4, -0.2) is 56.8 Å². The number of aliphatic hydroxyl groups is 1. The molecule has 3 N–H and O–H groups in total. The van der Waals surface area contributed by atoms with Crippen LogP contribution in [0, 0.1) is 0 Å². The lowest BCUT2D eigenvalue weighted by Crippen LogP contribution is -2.57. The van der Waals surface area contributed by atoms with E-state index in [0.29, 0.717) is 5.03 Å². The van der Waals surface area contributed by atoms with E-state index in [2.05, 4.69) is 36.6 Å². The van der Waals surface area contributed by atoms with Crippen molar-refractivity contribution in [2.24, 2.45) is 0 Å². The smallest absolute Gasteiger partial charge is 0.133 e. The Morgan fingerprint density at radius 2 is 2.20 bits per heavy atom. The predicted molar refractivity (Wildman–Crippen MR) is 96.2 cm³/mol. The normalized spacial score (nSPS) is 22.0. The minimum atomic E-state index is -0.158. The highest BCUT2D eigenvalue weighted by Crippen LogP contribution is 2.40. The van der Waals surface area contributed by atoms with E-state index < -0.39 is 0 Å². The zero-order valence-corrected chi connectivity index (χ0v) is 14.6. The molecule has 4 heterocycles. The number of allylic oxidation sites excluding steroid dienone is 2. The summed E-state index contributed by atoms with van der Waals surface area (Å²) in [4.78, 5) is 12.7. The van der Waals surface area contributed by atoms with Crippen molar-refractivity contribution < 1.29 is 5.11 Å². The van der Waals surface area contributed by atoms with E-state index in [1.54, 1.807) is 6.20 Å². The number of hydrogen-bond donors (Lipinski definition) is 3. The summed E-state index contributed by atoms with van der Waals surface area (Å²) in [5, 5.41) is 16.7. The van der Waals surface area contributed by atoms with Crippen LogP contribution in [0.2, 0.25) is 0 Å². The van der Waals surface area contributed by atoms with Gasteiger partial charge in [0.1, 0.15) is 17.8 Å². The van der Waals surface area contributed by atoms with Gasteiger partial charge >= 0.3 is 0 Å². The lowest BCUT2D eigenvalue weighted by atomic mass is 9.95. The maximum absolute atomic E-state index is 9.14. The number of piperidine rings is 1. The number of anilines is 1.